The van der Waals surface area contributed by atoms with Gasteiger partial charge in [-0.3, -0.25) is 9.36 Å². The summed E-state index contributed by atoms with van der Waals surface area (Å²) >= 11 is 0. The van der Waals surface area contributed by atoms with E-state index in [0.29, 0.717) is 24.5 Å². The Morgan fingerprint density at radius 3 is 2.76 bits per heavy atom. The molecular weight excluding hydrogens is 270 g/mol. The number of hydrogen-bond acceptors (Lipinski definition) is 4. The summed E-state index contributed by atoms with van der Waals surface area (Å²) in [4.78, 5) is 27.3. The van der Waals surface area contributed by atoms with E-state index in [4.69, 9.17) is 5.11 Å². The second-order valence-corrected chi connectivity index (χ2v) is 4.65. The molecule has 2 aromatic rings. The molecule has 0 aliphatic carbocycles. The van der Waals surface area contributed by atoms with Crippen molar-refractivity contribution in [3.63, 3.8) is 0 Å². The number of aromatic nitrogens is 2. The molecule has 2 heterocycles. The smallest absolute Gasteiger partial charge is 0.342 e. The van der Waals surface area contributed by atoms with E-state index in [1.54, 1.807) is 0 Å². The Bertz CT molecular complexity index is 778. The number of nitrogens with one attached hydrogen (secondary N) is 1. The second-order valence-electron chi connectivity index (χ2n) is 4.65. The normalized spacial score (nSPS) is 13.2. The van der Waals surface area contributed by atoms with Crippen LogP contribution in [0.25, 0.3) is 5.70 Å². The minimum atomic E-state index is -1.25. The first-order chi connectivity index (χ1) is 10.2. The van der Waals surface area contributed by atoms with Crippen molar-refractivity contribution in [2.75, 3.05) is 5.32 Å². The number of nitrogens with zero attached hydrogens (tertiary/aromatic N) is 2. The van der Waals surface area contributed by atoms with Crippen LogP contribution in [0.1, 0.15) is 22.6 Å². The number of anilines is 1. The highest BCUT2D eigenvalue weighted by molar-refractivity contribution is 5.87. The summed E-state index contributed by atoms with van der Waals surface area (Å²) in [7, 11) is 0. The van der Waals surface area contributed by atoms with E-state index in [9.17, 15) is 9.59 Å². The maximum Gasteiger partial charge on any atom is 0.342 e. The highest BCUT2D eigenvalue weighted by Crippen LogP contribution is 2.20. The van der Waals surface area contributed by atoms with Gasteiger partial charge in [0.1, 0.15) is 5.56 Å². The zero-order chi connectivity index (χ0) is 14.8. The van der Waals surface area contributed by atoms with Gasteiger partial charge in [0.05, 0.1) is 5.70 Å². The number of allylic oxidation sites excluding steroid dienone is 1. The lowest BCUT2D eigenvalue weighted by Crippen LogP contribution is -2.32. The minimum absolute atomic E-state index is 0.306. The van der Waals surface area contributed by atoms with Gasteiger partial charge in [-0.25, -0.2) is 9.78 Å². The molecule has 0 amide bonds. The number of rotatable bonds is 3. The largest absolute Gasteiger partial charge is 0.477 e. The average Bonchev–Trinajstić information content (AvgIpc) is 2.49. The van der Waals surface area contributed by atoms with Crippen molar-refractivity contribution in [1.29, 1.82) is 0 Å². The van der Waals surface area contributed by atoms with Crippen LogP contribution in [0.3, 0.4) is 0 Å². The van der Waals surface area contributed by atoms with Gasteiger partial charge in [-0.2, -0.15) is 0 Å². The molecule has 0 spiro atoms. The molecule has 1 aliphatic heterocycles. The van der Waals surface area contributed by atoms with Gasteiger partial charge in [0.25, 0.3) is 5.56 Å². The number of para-hydroxylation sites is 1. The van der Waals surface area contributed by atoms with Crippen molar-refractivity contribution in [3.8, 4) is 0 Å². The highest BCUT2D eigenvalue weighted by Gasteiger charge is 2.20. The number of carbonyl (C=O) groups is 1. The summed E-state index contributed by atoms with van der Waals surface area (Å²) in [6.45, 7) is 0.433. The Hall–Kier alpha value is -2.89. The van der Waals surface area contributed by atoms with Crippen molar-refractivity contribution in [2.45, 2.75) is 13.0 Å². The van der Waals surface area contributed by atoms with Crippen LogP contribution in [0.4, 0.5) is 5.69 Å². The van der Waals surface area contributed by atoms with E-state index in [1.807, 2.05) is 36.4 Å². The third-order valence-corrected chi connectivity index (χ3v) is 3.27. The molecule has 0 bridgehead atoms. The predicted octanol–water partition coefficient (Wildman–Crippen LogP) is 1.80. The van der Waals surface area contributed by atoms with Crippen molar-refractivity contribution in [1.82, 2.24) is 9.55 Å². The van der Waals surface area contributed by atoms with Gasteiger partial charge in [0.2, 0.25) is 0 Å². The standard InChI is InChI=1S/C15H13N3O3/c19-14-11(15(20)21)9-16-13-12(7-4-8-18(13)14)17-10-5-2-1-3-6-10/h1-3,5-7,9,17H,4,8H2,(H,20,21). The van der Waals surface area contributed by atoms with E-state index in [1.165, 1.54) is 4.57 Å². The summed E-state index contributed by atoms with van der Waals surface area (Å²) in [5.41, 5.74) is 0.767. The minimum Gasteiger partial charge on any atom is -0.477 e. The number of benzene rings is 1. The Kier molecular flexibility index (Phi) is 3.27. The monoisotopic (exact) mass is 283 g/mol. The van der Waals surface area contributed by atoms with Crippen LogP contribution >= 0.6 is 0 Å². The summed E-state index contributed by atoms with van der Waals surface area (Å²) in [6.07, 6.45) is 3.71. The summed E-state index contributed by atoms with van der Waals surface area (Å²) in [5.74, 6) is -0.796. The van der Waals surface area contributed by atoms with Crippen molar-refractivity contribution in [3.05, 3.63) is 64.3 Å². The topological polar surface area (TPSA) is 84.2 Å². The first-order valence-electron chi connectivity index (χ1n) is 6.52. The molecule has 3 rings (SSSR count). The Balaban J connectivity index is 2.01. The van der Waals surface area contributed by atoms with E-state index >= 15 is 0 Å². The molecule has 0 unspecified atom stereocenters. The summed E-state index contributed by atoms with van der Waals surface area (Å²) in [6, 6.07) is 9.53. The fraction of sp³-hybridized carbons (Fsp3) is 0.133. The van der Waals surface area contributed by atoms with Gasteiger partial charge in [0, 0.05) is 18.4 Å². The number of carboxylic acids is 1. The van der Waals surface area contributed by atoms with Crippen LogP contribution in [0, 0.1) is 0 Å². The number of hydrogen-bond donors (Lipinski definition) is 2. The van der Waals surface area contributed by atoms with Gasteiger partial charge < -0.3 is 10.4 Å². The molecule has 1 aliphatic rings. The first kappa shape index (κ1) is 13.1. The van der Waals surface area contributed by atoms with Crippen LogP contribution in [-0.4, -0.2) is 20.6 Å². The molecule has 6 nitrogen and oxygen atoms in total. The average molecular weight is 283 g/mol. The summed E-state index contributed by atoms with van der Waals surface area (Å²) < 4.78 is 1.40. The fourth-order valence-electron chi connectivity index (χ4n) is 2.27. The van der Waals surface area contributed by atoms with Crippen LogP contribution in [0.15, 0.2) is 47.4 Å². The Morgan fingerprint density at radius 1 is 1.29 bits per heavy atom. The molecular formula is C15H13N3O3. The SMILES string of the molecule is O=C(O)c1cnc2n(c1=O)CCC=C2Nc1ccccc1. The van der Waals surface area contributed by atoms with Crippen LogP contribution in [-0.2, 0) is 6.54 Å². The molecule has 21 heavy (non-hydrogen) atoms. The van der Waals surface area contributed by atoms with Gasteiger partial charge in [-0.05, 0) is 18.6 Å². The van der Waals surface area contributed by atoms with E-state index < -0.39 is 11.5 Å². The molecule has 1 aromatic heterocycles. The maximum absolute atomic E-state index is 12.1. The van der Waals surface area contributed by atoms with Crippen LogP contribution in [0.2, 0.25) is 0 Å². The molecule has 0 atom stereocenters. The van der Waals surface area contributed by atoms with Gasteiger partial charge >= 0.3 is 5.97 Å². The Morgan fingerprint density at radius 2 is 2.05 bits per heavy atom. The van der Waals surface area contributed by atoms with E-state index in [2.05, 4.69) is 10.3 Å². The number of carboxylic acid groups (broad SMARTS) is 1. The quantitative estimate of drug-likeness (QED) is 0.897. The molecule has 106 valence electrons. The lowest BCUT2D eigenvalue weighted by molar-refractivity contribution is 0.0693. The van der Waals surface area contributed by atoms with Gasteiger partial charge in [-0.15, -0.1) is 0 Å². The zero-order valence-corrected chi connectivity index (χ0v) is 11.1. The zero-order valence-electron chi connectivity index (χ0n) is 11.1. The highest BCUT2D eigenvalue weighted by atomic mass is 16.4. The Labute approximate surface area is 120 Å². The molecule has 0 radical (unpaired) electrons. The molecule has 1 aromatic carbocycles. The van der Waals surface area contributed by atoms with E-state index in [-0.39, 0.29) is 5.56 Å². The first-order valence-corrected chi connectivity index (χ1v) is 6.52. The lowest BCUT2D eigenvalue weighted by Gasteiger charge is -2.20. The van der Waals surface area contributed by atoms with Crippen molar-refractivity contribution in [2.24, 2.45) is 0 Å². The molecule has 0 saturated heterocycles. The molecule has 0 saturated carbocycles. The lowest BCUT2D eigenvalue weighted by atomic mass is 10.2. The molecule has 6 heteroatoms. The number of fused-ring (bicyclic) bond motifs is 1. The third-order valence-electron chi connectivity index (χ3n) is 3.27. The van der Waals surface area contributed by atoms with E-state index in [0.717, 1.165) is 11.9 Å². The molecule has 2 N–H and O–H groups in total. The summed E-state index contributed by atoms with van der Waals surface area (Å²) in [5, 5.41) is 12.2. The van der Waals surface area contributed by atoms with Crippen LogP contribution in [0.5, 0.6) is 0 Å². The second kappa shape index (κ2) is 5.24. The maximum atomic E-state index is 12.1. The van der Waals surface area contributed by atoms with Gasteiger partial charge in [0.15, 0.2) is 5.82 Å². The van der Waals surface area contributed by atoms with Crippen molar-refractivity contribution >= 4 is 17.4 Å². The van der Waals surface area contributed by atoms with Crippen molar-refractivity contribution < 1.29 is 9.90 Å². The molecule has 0 fully saturated rings. The van der Waals surface area contributed by atoms with Crippen LogP contribution < -0.4 is 10.9 Å². The van der Waals surface area contributed by atoms with Gasteiger partial charge in [-0.1, -0.05) is 24.3 Å². The fourth-order valence-corrected chi connectivity index (χ4v) is 2.27. The predicted molar refractivity (Wildman–Crippen MR) is 78.1 cm³/mol. The number of aromatic carboxylic acids is 1. The third kappa shape index (κ3) is 2.43.